The minimum absolute atomic E-state index is 0.220. The Morgan fingerprint density at radius 1 is 1.28 bits per heavy atom. The lowest BCUT2D eigenvalue weighted by Gasteiger charge is -2.37. The van der Waals surface area contributed by atoms with Gasteiger partial charge in [0, 0.05) is 29.8 Å². The summed E-state index contributed by atoms with van der Waals surface area (Å²) >= 11 is 7.64. The van der Waals surface area contributed by atoms with E-state index in [4.69, 9.17) is 21.5 Å². The summed E-state index contributed by atoms with van der Waals surface area (Å²) in [6.45, 7) is 0.394. The molecular weight excluding hydrogens is 564 g/mol. The first kappa shape index (κ1) is 28.1. The predicted octanol–water partition coefficient (Wildman–Crippen LogP) is 3.64. The van der Waals surface area contributed by atoms with Crippen molar-refractivity contribution in [1.82, 2.24) is 9.97 Å². The van der Waals surface area contributed by atoms with Gasteiger partial charge in [-0.2, -0.15) is 8.42 Å². The van der Waals surface area contributed by atoms with Gasteiger partial charge >= 0.3 is 10.3 Å². The third-order valence-corrected chi connectivity index (χ3v) is 8.88. The van der Waals surface area contributed by atoms with Crippen LogP contribution >= 0.6 is 22.9 Å². The molecule has 2 fully saturated rings. The number of aliphatic hydroxyl groups is 1. The van der Waals surface area contributed by atoms with Crippen molar-refractivity contribution in [3.05, 3.63) is 74.8 Å². The highest BCUT2D eigenvalue weighted by molar-refractivity contribution is 7.84. The Kier molecular flexibility index (Phi) is 8.34. The highest BCUT2D eigenvalue weighted by atomic mass is 35.5. The minimum Gasteiger partial charge on any atom is -0.393 e. The molecule has 2 aromatic heterocycles. The lowest BCUT2D eigenvalue weighted by atomic mass is 9.81. The zero-order valence-electron chi connectivity index (χ0n) is 21.0. The lowest BCUT2D eigenvalue weighted by Crippen LogP contribution is -2.34. The molecule has 0 spiro atoms. The van der Waals surface area contributed by atoms with Crippen LogP contribution < -0.4 is 10.5 Å². The van der Waals surface area contributed by atoms with Gasteiger partial charge in [-0.1, -0.05) is 23.7 Å². The van der Waals surface area contributed by atoms with Gasteiger partial charge in [0.25, 0.3) is 0 Å². The maximum absolute atomic E-state index is 13.7. The predicted molar refractivity (Wildman–Crippen MR) is 147 cm³/mol. The molecule has 1 aromatic carbocycles. The molecule has 1 saturated heterocycles. The van der Waals surface area contributed by atoms with E-state index in [1.165, 1.54) is 23.9 Å². The number of rotatable bonds is 9. The van der Waals surface area contributed by atoms with Gasteiger partial charge in [0.15, 0.2) is 0 Å². The molecule has 5 rings (SSSR count). The van der Waals surface area contributed by atoms with E-state index in [0.29, 0.717) is 40.7 Å². The molecule has 1 aliphatic heterocycles. The van der Waals surface area contributed by atoms with Gasteiger partial charge in [-0.25, -0.2) is 15.1 Å². The van der Waals surface area contributed by atoms with E-state index in [1.807, 2.05) is 35.7 Å². The van der Waals surface area contributed by atoms with Gasteiger partial charge in [-0.3, -0.25) is 8.98 Å². The van der Waals surface area contributed by atoms with Gasteiger partial charge in [-0.05, 0) is 66.8 Å². The zero-order valence-corrected chi connectivity index (χ0v) is 23.3. The van der Waals surface area contributed by atoms with Crippen LogP contribution in [0, 0.1) is 5.92 Å². The molecule has 39 heavy (non-hydrogen) atoms. The number of hydrogen-bond donors (Lipinski definition) is 3. The maximum Gasteiger partial charge on any atom is 0.333 e. The number of nitrogens with zero attached hydrogens (tertiary/aromatic N) is 2. The number of ketones is 1. The van der Waals surface area contributed by atoms with E-state index in [-0.39, 0.29) is 18.4 Å². The van der Waals surface area contributed by atoms with Crippen LogP contribution in [0.15, 0.2) is 48.2 Å². The van der Waals surface area contributed by atoms with Gasteiger partial charge in [0.05, 0.1) is 23.2 Å². The van der Waals surface area contributed by atoms with Crippen LogP contribution in [0.2, 0.25) is 5.02 Å². The first-order valence-corrected chi connectivity index (χ1v) is 15.3. The number of nitrogens with two attached hydrogens (primary N) is 1. The summed E-state index contributed by atoms with van der Waals surface area (Å²) in [5.41, 5.74) is 1.48. The lowest BCUT2D eigenvalue weighted by molar-refractivity contribution is -0.0530. The number of carbonyl (C=O) groups excluding carboxylic acids is 1. The summed E-state index contributed by atoms with van der Waals surface area (Å²) in [6.07, 6.45) is 5.50. The quantitative estimate of drug-likeness (QED) is 0.316. The van der Waals surface area contributed by atoms with Crippen LogP contribution in [-0.2, 0) is 24.8 Å². The normalized spacial score (nSPS) is 25.5. The van der Waals surface area contributed by atoms with E-state index in [9.17, 15) is 18.3 Å². The van der Waals surface area contributed by atoms with Crippen LogP contribution in [0.25, 0.3) is 0 Å². The summed E-state index contributed by atoms with van der Waals surface area (Å²) in [7, 11) is -4.10. The SMILES string of the molecule is NS(=O)(=O)OC[C@H]1C[C@@H](Nc2ncncc2C(=O)c2cc([C@]3(c4cccc(Cl)c4)CCCCO3)cs2)C[C@@H]1O. The average Bonchev–Trinajstić information content (AvgIpc) is 3.54. The Morgan fingerprint density at radius 2 is 2.13 bits per heavy atom. The van der Waals surface area contributed by atoms with Crippen LogP contribution in [0.1, 0.15) is 58.5 Å². The van der Waals surface area contributed by atoms with Crippen molar-refractivity contribution < 1.29 is 27.2 Å². The van der Waals surface area contributed by atoms with Crippen molar-refractivity contribution in [3.8, 4) is 0 Å². The maximum atomic E-state index is 13.7. The van der Waals surface area contributed by atoms with E-state index in [0.717, 1.165) is 30.4 Å². The average molecular weight is 593 g/mol. The van der Waals surface area contributed by atoms with Crippen molar-refractivity contribution in [2.75, 3.05) is 18.5 Å². The topological polar surface area (TPSA) is 154 Å². The van der Waals surface area contributed by atoms with Crippen molar-refractivity contribution in [2.45, 2.75) is 49.9 Å². The Labute approximate surface area is 235 Å². The van der Waals surface area contributed by atoms with E-state index in [1.54, 1.807) is 0 Å². The van der Waals surface area contributed by atoms with Crippen molar-refractivity contribution >= 4 is 44.8 Å². The van der Waals surface area contributed by atoms with Crippen LogP contribution in [0.4, 0.5) is 5.82 Å². The molecule has 4 atom stereocenters. The number of thiophene rings is 1. The molecule has 4 N–H and O–H groups in total. The smallest absolute Gasteiger partial charge is 0.333 e. The van der Waals surface area contributed by atoms with Crippen molar-refractivity contribution in [1.29, 1.82) is 0 Å². The third kappa shape index (κ3) is 6.32. The molecule has 0 radical (unpaired) electrons. The monoisotopic (exact) mass is 592 g/mol. The molecule has 13 heteroatoms. The number of carbonyl (C=O) groups is 1. The van der Waals surface area contributed by atoms with Crippen LogP contribution in [-0.4, -0.2) is 54.6 Å². The number of ether oxygens (including phenoxy) is 1. The molecule has 3 heterocycles. The number of hydrogen-bond acceptors (Lipinski definition) is 10. The Morgan fingerprint density at radius 3 is 2.87 bits per heavy atom. The molecule has 3 aromatic rings. The fourth-order valence-electron chi connectivity index (χ4n) is 5.34. The summed E-state index contributed by atoms with van der Waals surface area (Å²) in [4.78, 5) is 22.5. The molecule has 0 unspecified atom stereocenters. The molecule has 1 aliphatic carbocycles. The van der Waals surface area contributed by atoms with Crippen molar-refractivity contribution in [3.63, 3.8) is 0 Å². The number of nitrogens with one attached hydrogen (secondary N) is 1. The second kappa shape index (κ2) is 11.6. The van der Waals surface area contributed by atoms with E-state index >= 15 is 0 Å². The summed E-state index contributed by atoms with van der Waals surface area (Å²) in [5, 5.41) is 21.1. The summed E-state index contributed by atoms with van der Waals surface area (Å²) < 4.78 is 33.3. The standard InChI is InChI=1S/C26H29ClN4O6S2/c27-19-5-3-4-17(9-19)26(6-1-2-7-36-26)18-10-23(38-14-18)24(33)21-12-29-15-30-25(21)31-20-8-16(22(32)11-20)13-37-39(28,34)35/h3-5,9-10,12,14-16,20,22,32H,1-2,6-8,11,13H2,(H2,28,34,35)(H,29,30,31)/t16-,20-,22+,26-/m1/s1. The van der Waals surface area contributed by atoms with Crippen LogP contribution in [0.3, 0.4) is 0 Å². The fourth-order valence-corrected chi connectivity index (χ4v) is 6.82. The molecule has 10 nitrogen and oxygen atoms in total. The molecule has 0 bridgehead atoms. The molecule has 2 aliphatic rings. The summed E-state index contributed by atoms with van der Waals surface area (Å²) in [6, 6.07) is 9.26. The van der Waals surface area contributed by atoms with Gasteiger partial charge in [0.2, 0.25) is 5.78 Å². The van der Waals surface area contributed by atoms with E-state index in [2.05, 4.69) is 19.5 Å². The molecule has 208 valence electrons. The molecule has 1 saturated carbocycles. The van der Waals surface area contributed by atoms with Gasteiger partial charge < -0.3 is 15.2 Å². The largest absolute Gasteiger partial charge is 0.393 e. The Bertz CT molecular complexity index is 1440. The number of aliphatic hydroxyl groups excluding tert-OH is 1. The molecular formula is C26H29ClN4O6S2. The molecule has 0 amide bonds. The van der Waals surface area contributed by atoms with Crippen molar-refractivity contribution in [2.24, 2.45) is 11.1 Å². The van der Waals surface area contributed by atoms with Gasteiger partial charge in [-0.15, -0.1) is 11.3 Å². The Balaban J connectivity index is 1.36. The number of benzene rings is 1. The highest BCUT2D eigenvalue weighted by Crippen LogP contribution is 2.44. The minimum atomic E-state index is -4.10. The third-order valence-electron chi connectivity index (χ3n) is 7.25. The van der Waals surface area contributed by atoms with Crippen LogP contribution in [0.5, 0.6) is 0 Å². The fraction of sp³-hybridized carbons (Fsp3) is 0.423. The number of halogens is 1. The first-order chi connectivity index (χ1) is 18.6. The Hall–Kier alpha value is -2.45. The first-order valence-electron chi connectivity index (χ1n) is 12.6. The van der Waals surface area contributed by atoms with Gasteiger partial charge in [0.1, 0.15) is 17.7 Å². The zero-order chi connectivity index (χ0) is 27.6. The van der Waals surface area contributed by atoms with E-state index < -0.39 is 27.9 Å². The number of aromatic nitrogens is 2. The summed E-state index contributed by atoms with van der Waals surface area (Å²) in [5.74, 6) is -0.326. The second-order valence-corrected chi connectivity index (χ2v) is 12.4. The second-order valence-electron chi connectivity index (χ2n) is 9.87. The number of anilines is 1. The highest BCUT2D eigenvalue weighted by Gasteiger charge is 2.39.